The van der Waals surface area contributed by atoms with Crippen molar-refractivity contribution >= 4 is 5.91 Å². The van der Waals surface area contributed by atoms with Gasteiger partial charge in [0.2, 0.25) is 0 Å². The summed E-state index contributed by atoms with van der Waals surface area (Å²) in [4.78, 5) is 11.9. The van der Waals surface area contributed by atoms with Gasteiger partial charge in [0.05, 0.1) is 11.6 Å². The third kappa shape index (κ3) is 2.58. The van der Waals surface area contributed by atoms with E-state index >= 15 is 0 Å². The second-order valence-corrected chi connectivity index (χ2v) is 4.00. The van der Waals surface area contributed by atoms with E-state index in [1.807, 2.05) is 31.4 Å². The lowest BCUT2D eigenvalue weighted by molar-refractivity contribution is 0.0943. The number of carbonyl (C=O) groups excluding carboxylic acids is 1. The first-order valence-electron chi connectivity index (χ1n) is 5.59. The van der Waals surface area contributed by atoms with E-state index in [9.17, 15) is 4.79 Å². The second-order valence-electron chi connectivity index (χ2n) is 4.00. The van der Waals surface area contributed by atoms with Gasteiger partial charge in [-0.15, -0.1) is 0 Å². The molecule has 1 heterocycles. The molecule has 0 bridgehead atoms. The zero-order valence-corrected chi connectivity index (χ0v) is 10.1. The maximum atomic E-state index is 11.9. The zero-order valence-electron chi connectivity index (χ0n) is 10.1. The van der Waals surface area contributed by atoms with Crippen LogP contribution in [0.1, 0.15) is 21.6 Å². The van der Waals surface area contributed by atoms with E-state index in [2.05, 4.69) is 11.4 Å². The third-order valence-corrected chi connectivity index (χ3v) is 2.69. The molecule has 0 unspecified atom stereocenters. The minimum absolute atomic E-state index is 0.120. The highest BCUT2D eigenvalue weighted by Gasteiger charge is 2.07. The predicted octanol–water partition coefficient (Wildman–Crippen LogP) is 1.83. The molecule has 90 valence electrons. The summed E-state index contributed by atoms with van der Waals surface area (Å²) in [6, 6.07) is 12.9. The predicted molar refractivity (Wildman–Crippen MR) is 67.7 cm³/mol. The summed E-state index contributed by atoms with van der Waals surface area (Å²) >= 11 is 0. The molecular formula is C14H13N3O. The molecule has 4 heteroatoms. The number of nitrogens with zero attached hydrogens (tertiary/aromatic N) is 2. The smallest absolute Gasteiger partial charge is 0.268 e. The Kier molecular flexibility index (Phi) is 3.44. The molecule has 1 aromatic heterocycles. The van der Waals surface area contributed by atoms with Crippen LogP contribution < -0.4 is 5.32 Å². The van der Waals surface area contributed by atoms with Gasteiger partial charge in [-0.05, 0) is 29.8 Å². The molecule has 0 aliphatic rings. The Morgan fingerprint density at radius 3 is 2.89 bits per heavy atom. The van der Waals surface area contributed by atoms with Gasteiger partial charge in [0.1, 0.15) is 5.69 Å². The molecular weight excluding hydrogens is 226 g/mol. The summed E-state index contributed by atoms with van der Waals surface area (Å²) < 4.78 is 1.76. The van der Waals surface area contributed by atoms with Crippen LogP contribution in [0.25, 0.3) is 0 Å². The Bertz CT molecular complexity index is 607. The monoisotopic (exact) mass is 239 g/mol. The number of nitriles is 1. The third-order valence-electron chi connectivity index (χ3n) is 2.69. The van der Waals surface area contributed by atoms with Crippen LogP contribution in [0.4, 0.5) is 0 Å². The summed E-state index contributed by atoms with van der Waals surface area (Å²) in [7, 11) is 1.82. The highest BCUT2D eigenvalue weighted by molar-refractivity contribution is 5.92. The van der Waals surface area contributed by atoms with E-state index < -0.39 is 0 Å². The van der Waals surface area contributed by atoms with Gasteiger partial charge >= 0.3 is 0 Å². The second kappa shape index (κ2) is 5.19. The van der Waals surface area contributed by atoms with Gasteiger partial charge in [-0.1, -0.05) is 12.1 Å². The molecule has 2 aromatic rings. The van der Waals surface area contributed by atoms with Gasteiger partial charge in [0, 0.05) is 19.8 Å². The first-order chi connectivity index (χ1) is 8.70. The van der Waals surface area contributed by atoms with E-state index in [4.69, 9.17) is 5.26 Å². The fourth-order valence-electron chi connectivity index (χ4n) is 1.72. The van der Waals surface area contributed by atoms with Crippen LogP contribution in [0.15, 0.2) is 42.6 Å². The average molecular weight is 239 g/mol. The molecule has 0 radical (unpaired) electrons. The molecule has 1 N–H and O–H groups in total. The fraction of sp³-hybridized carbons (Fsp3) is 0.143. The number of hydrogen-bond donors (Lipinski definition) is 1. The van der Waals surface area contributed by atoms with Crippen molar-refractivity contribution in [3.63, 3.8) is 0 Å². The van der Waals surface area contributed by atoms with Crippen LogP contribution in [0.2, 0.25) is 0 Å². The molecule has 2 rings (SSSR count). The number of rotatable bonds is 3. The van der Waals surface area contributed by atoms with E-state index in [1.54, 1.807) is 22.8 Å². The summed E-state index contributed by atoms with van der Waals surface area (Å²) in [5.41, 5.74) is 2.13. The first kappa shape index (κ1) is 11.9. The molecule has 0 spiro atoms. The highest BCUT2D eigenvalue weighted by Crippen LogP contribution is 2.05. The number of nitrogens with one attached hydrogen (secondary N) is 1. The van der Waals surface area contributed by atoms with E-state index in [1.165, 1.54) is 0 Å². The highest BCUT2D eigenvalue weighted by atomic mass is 16.1. The van der Waals surface area contributed by atoms with Crippen molar-refractivity contribution < 1.29 is 4.79 Å². The maximum Gasteiger partial charge on any atom is 0.268 e. The van der Waals surface area contributed by atoms with Crippen LogP contribution in [0.5, 0.6) is 0 Å². The Labute approximate surface area is 105 Å². The van der Waals surface area contributed by atoms with E-state index in [0.29, 0.717) is 17.8 Å². The number of amides is 1. The summed E-state index contributed by atoms with van der Waals surface area (Å²) in [5.74, 6) is -0.120. The summed E-state index contributed by atoms with van der Waals surface area (Å²) in [5, 5.41) is 11.6. The molecule has 4 nitrogen and oxygen atoms in total. The van der Waals surface area contributed by atoms with E-state index in [-0.39, 0.29) is 5.91 Å². The summed E-state index contributed by atoms with van der Waals surface area (Å²) in [6.07, 6.45) is 1.82. The molecule has 18 heavy (non-hydrogen) atoms. The molecule has 0 fully saturated rings. The minimum Gasteiger partial charge on any atom is -0.347 e. The van der Waals surface area contributed by atoms with E-state index in [0.717, 1.165) is 5.56 Å². The largest absolute Gasteiger partial charge is 0.347 e. The van der Waals surface area contributed by atoms with Crippen molar-refractivity contribution in [2.75, 3.05) is 0 Å². The lowest BCUT2D eigenvalue weighted by Gasteiger charge is -2.06. The molecule has 0 saturated carbocycles. The maximum absolute atomic E-state index is 11.9. The van der Waals surface area contributed by atoms with Crippen LogP contribution in [-0.4, -0.2) is 10.5 Å². The van der Waals surface area contributed by atoms with Gasteiger partial charge in [-0.2, -0.15) is 5.26 Å². The minimum atomic E-state index is -0.120. The average Bonchev–Trinajstić information content (AvgIpc) is 2.82. The van der Waals surface area contributed by atoms with Crippen LogP contribution in [-0.2, 0) is 13.6 Å². The Morgan fingerprint density at radius 1 is 1.39 bits per heavy atom. The van der Waals surface area contributed by atoms with Crippen molar-refractivity contribution in [2.24, 2.45) is 7.05 Å². The van der Waals surface area contributed by atoms with Crippen LogP contribution in [0.3, 0.4) is 0 Å². The zero-order chi connectivity index (χ0) is 13.0. The van der Waals surface area contributed by atoms with Gasteiger partial charge in [-0.25, -0.2) is 0 Å². The van der Waals surface area contributed by atoms with Crippen molar-refractivity contribution in [3.05, 3.63) is 59.4 Å². The SMILES string of the molecule is Cn1cccc1C(=O)NCc1cccc(C#N)c1. The Balaban J connectivity index is 2.02. The first-order valence-corrected chi connectivity index (χ1v) is 5.59. The lowest BCUT2D eigenvalue weighted by Crippen LogP contribution is -2.24. The molecule has 1 aromatic carbocycles. The van der Waals surface area contributed by atoms with Gasteiger partial charge in [-0.3, -0.25) is 4.79 Å². The summed E-state index contributed by atoms with van der Waals surface area (Å²) in [6.45, 7) is 0.416. The topological polar surface area (TPSA) is 57.8 Å². The standard InChI is InChI=1S/C14H13N3O/c1-17-7-3-6-13(17)14(18)16-10-12-5-2-4-11(8-12)9-15/h2-8H,10H2,1H3,(H,16,18). The number of aromatic nitrogens is 1. The fourth-order valence-corrected chi connectivity index (χ4v) is 1.72. The quantitative estimate of drug-likeness (QED) is 0.888. The van der Waals surface area contributed by atoms with Crippen molar-refractivity contribution in [2.45, 2.75) is 6.54 Å². The van der Waals surface area contributed by atoms with Crippen LogP contribution in [0, 0.1) is 11.3 Å². The van der Waals surface area contributed by atoms with Gasteiger partial charge in [0.15, 0.2) is 0 Å². The number of benzene rings is 1. The molecule has 0 atom stereocenters. The number of carbonyl (C=O) groups is 1. The van der Waals surface area contributed by atoms with Crippen LogP contribution >= 0.6 is 0 Å². The Morgan fingerprint density at radius 2 is 2.22 bits per heavy atom. The molecule has 0 aliphatic heterocycles. The molecule has 0 aliphatic carbocycles. The van der Waals surface area contributed by atoms with Gasteiger partial charge in [0.25, 0.3) is 5.91 Å². The number of hydrogen-bond acceptors (Lipinski definition) is 2. The molecule has 0 saturated heterocycles. The molecule has 1 amide bonds. The van der Waals surface area contributed by atoms with Crippen molar-refractivity contribution in [3.8, 4) is 6.07 Å². The lowest BCUT2D eigenvalue weighted by atomic mass is 10.1. The van der Waals surface area contributed by atoms with Crippen molar-refractivity contribution in [1.82, 2.24) is 9.88 Å². The normalized spacial score (nSPS) is 9.78. The number of aryl methyl sites for hydroxylation is 1. The van der Waals surface area contributed by atoms with Crippen molar-refractivity contribution in [1.29, 1.82) is 5.26 Å². The van der Waals surface area contributed by atoms with Gasteiger partial charge < -0.3 is 9.88 Å². The Hall–Kier alpha value is -2.54.